The third kappa shape index (κ3) is 0.593. The van der Waals surface area contributed by atoms with Gasteiger partial charge in [0, 0.05) is 0 Å². The summed E-state index contributed by atoms with van der Waals surface area (Å²) in [7, 11) is 0. The zero-order chi connectivity index (χ0) is 10.4. The van der Waals surface area contributed by atoms with E-state index < -0.39 is 0 Å². The minimum atomic E-state index is 0.829. The Hall–Kier alpha value is -1.55. The van der Waals surface area contributed by atoms with Gasteiger partial charge < -0.3 is 0 Å². The van der Waals surface area contributed by atoms with Gasteiger partial charge in [0.15, 0.2) is 0 Å². The molecule has 0 aromatic heterocycles. The molecule has 16 heavy (non-hydrogen) atoms. The molecule has 5 saturated carbocycles. The molecule has 0 unspecified atom stereocenters. The van der Waals surface area contributed by atoms with Gasteiger partial charge in [-0.2, -0.15) is 5.26 Å². The quantitative estimate of drug-likeness (QED) is 0.647. The molecule has 1 aromatic carbocycles. The lowest BCUT2D eigenvalue weighted by Gasteiger charge is -2.04. The average Bonchev–Trinajstić information content (AvgIpc) is 3.04. The second kappa shape index (κ2) is 2.11. The topological polar surface area (TPSA) is 23.8 Å². The van der Waals surface area contributed by atoms with Crippen LogP contribution in [0.3, 0.4) is 0 Å². The Morgan fingerprint density at radius 1 is 0.938 bits per heavy atom. The van der Waals surface area contributed by atoms with E-state index in [9.17, 15) is 5.26 Å². The highest BCUT2D eigenvalue weighted by molar-refractivity contribution is 5.83. The fourth-order valence-electron chi connectivity index (χ4n) is 4.84. The van der Waals surface area contributed by atoms with E-state index in [2.05, 4.69) is 18.2 Å². The summed E-state index contributed by atoms with van der Waals surface area (Å²) in [5.41, 5.74) is 3.68. The van der Waals surface area contributed by atoms with Gasteiger partial charge in [-0.25, -0.2) is 0 Å². The number of allylic oxidation sites excluding steroid dienone is 2. The van der Waals surface area contributed by atoms with Crippen LogP contribution >= 0.6 is 0 Å². The Bertz CT molecular complexity index is 531. The monoisotopic (exact) mass is 205 g/mol. The maximum Gasteiger partial charge on any atom is 0.0997 e. The lowest BCUT2D eigenvalue weighted by atomic mass is 9.98. The molecule has 0 atom stereocenters. The predicted octanol–water partition coefficient (Wildman–Crippen LogP) is 2.72. The Labute approximate surface area is 94.4 Å². The number of nitrogens with zero attached hydrogens (tertiary/aromatic N) is 1. The lowest BCUT2D eigenvalue weighted by molar-refractivity contribution is 0.434. The molecule has 6 rings (SSSR count). The van der Waals surface area contributed by atoms with Crippen LogP contribution < -0.4 is 0 Å². The van der Waals surface area contributed by atoms with E-state index in [-0.39, 0.29) is 0 Å². The van der Waals surface area contributed by atoms with Crippen molar-refractivity contribution in [1.82, 2.24) is 0 Å². The Morgan fingerprint density at radius 2 is 1.50 bits per heavy atom. The summed E-state index contributed by atoms with van der Waals surface area (Å²) >= 11 is 0. The molecule has 0 aliphatic heterocycles. The normalized spacial score (nSPS) is 47.8. The third-order valence-corrected chi connectivity index (χ3v) is 5.34. The average molecular weight is 205 g/mol. The second-order valence-electron chi connectivity index (χ2n) is 5.67. The number of nitriles is 1. The van der Waals surface area contributed by atoms with Gasteiger partial charge in [-0.3, -0.25) is 0 Å². The van der Waals surface area contributed by atoms with Gasteiger partial charge in [0.25, 0.3) is 0 Å². The van der Waals surface area contributed by atoms with E-state index in [0.29, 0.717) is 0 Å². The van der Waals surface area contributed by atoms with Gasteiger partial charge in [0.2, 0.25) is 0 Å². The van der Waals surface area contributed by atoms with Crippen molar-refractivity contribution in [3.05, 3.63) is 41.5 Å². The van der Waals surface area contributed by atoms with Gasteiger partial charge in [-0.15, -0.1) is 0 Å². The van der Waals surface area contributed by atoms with E-state index in [0.717, 1.165) is 46.6 Å². The Morgan fingerprint density at radius 3 is 2.00 bits per heavy atom. The number of benzene rings is 1. The first kappa shape index (κ1) is 7.68. The van der Waals surface area contributed by atoms with Crippen LogP contribution in [0.2, 0.25) is 0 Å². The molecule has 1 aromatic rings. The largest absolute Gasteiger partial charge is 0.192 e. The zero-order valence-electron chi connectivity index (χ0n) is 8.80. The molecule has 5 aliphatic rings. The zero-order valence-corrected chi connectivity index (χ0v) is 8.80. The van der Waals surface area contributed by atoms with E-state index >= 15 is 0 Å². The van der Waals surface area contributed by atoms with E-state index in [1.165, 1.54) is 0 Å². The highest BCUT2D eigenvalue weighted by Crippen LogP contribution is 2.94. The van der Waals surface area contributed by atoms with E-state index in [1.807, 2.05) is 18.2 Å². The Kier molecular flexibility index (Phi) is 1.01. The number of rotatable bonds is 1. The smallest absolute Gasteiger partial charge is 0.0997 e. The van der Waals surface area contributed by atoms with Crippen LogP contribution in [-0.2, 0) is 0 Å². The summed E-state index contributed by atoms with van der Waals surface area (Å²) in [5, 5.41) is 9.41. The molecule has 0 heterocycles. The van der Waals surface area contributed by atoms with Gasteiger partial charge in [0.05, 0.1) is 11.6 Å². The summed E-state index contributed by atoms with van der Waals surface area (Å²) in [6.45, 7) is 0. The number of hydrogen-bond acceptors (Lipinski definition) is 1. The first-order valence-electron chi connectivity index (χ1n) is 6.13. The van der Waals surface area contributed by atoms with Crippen molar-refractivity contribution in [3.8, 4) is 6.07 Å². The first-order chi connectivity index (χ1) is 7.93. The van der Waals surface area contributed by atoms with Crippen molar-refractivity contribution in [3.63, 3.8) is 0 Å². The van der Waals surface area contributed by atoms with Crippen LogP contribution in [-0.4, -0.2) is 0 Å². The maximum atomic E-state index is 9.41. The first-order valence-corrected chi connectivity index (χ1v) is 6.13. The molecule has 5 fully saturated rings. The van der Waals surface area contributed by atoms with Gasteiger partial charge in [-0.05, 0) is 46.6 Å². The van der Waals surface area contributed by atoms with Crippen molar-refractivity contribution >= 4 is 5.57 Å². The lowest BCUT2D eigenvalue weighted by Crippen LogP contribution is -2.00. The predicted molar refractivity (Wildman–Crippen MR) is 59.9 cm³/mol. The molecule has 76 valence electrons. The molecule has 5 aliphatic carbocycles. The fraction of sp³-hybridized carbons (Fsp3) is 0.400. The van der Waals surface area contributed by atoms with E-state index in [4.69, 9.17) is 0 Å². The van der Waals surface area contributed by atoms with Gasteiger partial charge in [0.1, 0.15) is 0 Å². The van der Waals surface area contributed by atoms with Crippen LogP contribution in [0.25, 0.3) is 5.57 Å². The highest BCUT2D eigenvalue weighted by Gasteiger charge is 2.90. The minimum Gasteiger partial charge on any atom is -0.192 e. The molecular formula is C15H11N. The third-order valence-electron chi connectivity index (χ3n) is 5.34. The summed E-state index contributed by atoms with van der Waals surface area (Å²) < 4.78 is 0. The molecule has 2 bridgehead atoms. The van der Waals surface area contributed by atoms with Gasteiger partial charge in [-0.1, -0.05) is 30.3 Å². The molecule has 1 heteroatoms. The molecular weight excluding hydrogens is 194 g/mol. The summed E-state index contributed by atoms with van der Waals surface area (Å²) in [5.74, 6) is 5.70. The van der Waals surface area contributed by atoms with Crippen molar-refractivity contribution < 1.29 is 0 Å². The standard InChI is InChI=1S/C15H11N/c16-6-8(7-4-2-1-3-5-7)9-10-12-13(10)15-11(9)14(12)15/h1-5,10-15H. The van der Waals surface area contributed by atoms with E-state index in [1.54, 1.807) is 5.57 Å². The SMILES string of the molecule is N#CC(=C1C2C3C2C2C1C32)c1ccccc1. The maximum absolute atomic E-state index is 9.41. The Balaban J connectivity index is 1.72. The second-order valence-corrected chi connectivity index (χ2v) is 5.67. The summed E-state index contributed by atoms with van der Waals surface area (Å²) in [4.78, 5) is 0. The van der Waals surface area contributed by atoms with Crippen LogP contribution in [0.15, 0.2) is 35.9 Å². The van der Waals surface area contributed by atoms with Crippen LogP contribution in [0.1, 0.15) is 5.56 Å². The van der Waals surface area contributed by atoms with Crippen LogP contribution in [0.5, 0.6) is 0 Å². The van der Waals surface area contributed by atoms with Crippen molar-refractivity contribution in [2.45, 2.75) is 0 Å². The van der Waals surface area contributed by atoms with Crippen molar-refractivity contribution in [1.29, 1.82) is 5.26 Å². The molecule has 0 radical (unpaired) electrons. The number of hydrogen-bond donors (Lipinski definition) is 0. The fourth-order valence-corrected chi connectivity index (χ4v) is 4.84. The molecule has 1 nitrogen and oxygen atoms in total. The molecule has 0 spiro atoms. The summed E-state index contributed by atoms with van der Waals surface area (Å²) in [6, 6.07) is 12.7. The summed E-state index contributed by atoms with van der Waals surface area (Å²) in [6.07, 6.45) is 0. The van der Waals surface area contributed by atoms with Crippen LogP contribution in [0, 0.1) is 46.8 Å². The minimum absolute atomic E-state index is 0.829. The van der Waals surface area contributed by atoms with Crippen LogP contribution in [0.4, 0.5) is 0 Å². The van der Waals surface area contributed by atoms with Crippen molar-refractivity contribution in [2.75, 3.05) is 0 Å². The highest BCUT2D eigenvalue weighted by atomic mass is 14.9. The molecule has 0 saturated heterocycles. The van der Waals surface area contributed by atoms with Gasteiger partial charge >= 0.3 is 0 Å². The molecule has 0 amide bonds. The molecule has 0 N–H and O–H groups in total. The van der Waals surface area contributed by atoms with Crippen molar-refractivity contribution in [2.24, 2.45) is 35.5 Å².